The van der Waals surface area contributed by atoms with Gasteiger partial charge in [-0.2, -0.15) is 0 Å². The number of carbonyl (C=O) groups excluding carboxylic acids is 2. The fraction of sp³-hybridized carbons (Fsp3) is 0.556. The maximum atomic E-state index is 12.3. The molecule has 1 amide bonds. The van der Waals surface area contributed by atoms with Crippen LogP contribution in [0.1, 0.15) is 63.9 Å². The first-order chi connectivity index (χ1) is 15.5. The number of rotatable bonds is 12. The zero-order valence-electron chi connectivity index (χ0n) is 19.5. The van der Waals surface area contributed by atoms with Crippen LogP contribution >= 0.6 is 0 Å². The summed E-state index contributed by atoms with van der Waals surface area (Å²) in [7, 11) is 1.41. The van der Waals surface area contributed by atoms with Gasteiger partial charge in [0.15, 0.2) is 0 Å². The second kappa shape index (κ2) is 14.5. The molecule has 1 N–H and O–H groups in total. The monoisotopic (exact) mass is 439 g/mol. The van der Waals surface area contributed by atoms with E-state index in [1.165, 1.54) is 12.7 Å². The quantitative estimate of drug-likeness (QED) is 0.228. The Morgan fingerprint density at radius 2 is 1.97 bits per heavy atom. The zero-order valence-corrected chi connectivity index (χ0v) is 19.5. The topological polar surface area (TPSA) is 66.8 Å². The molecule has 1 fully saturated rings. The second-order valence-electron chi connectivity index (χ2n) is 8.51. The van der Waals surface area contributed by atoms with Gasteiger partial charge in [-0.3, -0.25) is 9.59 Å². The number of benzene rings is 1. The number of nitrogens with zero attached hydrogens (tertiary/aromatic N) is 1. The van der Waals surface area contributed by atoms with Gasteiger partial charge in [-0.15, -0.1) is 5.92 Å². The van der Waals surface area contributed by atoms with Crippen LogP contribution in [0.4, 0.5) is 0 Å². The molecule has 0 aliphatic carbocycles. The summed E-state index contributed by atoms with van der Waals surface area (Å²) in [6, 6.07) is 10.2. The Kier molecular flexibility index (Phi) is 11.6. The lowest BCUT2D eigenvalue weighted by atomic mass is 9.99. The van der Waals surface area contributed by atoms with Crippen LogP contribution < -0.4 is 0 Å². The number of likely N-dealkylation sites (tertiary alicyclic amines) is 1. The minimum atomic E-state index is -0.572. The number of hydrogen-bond acceptors (Lipinski definition) is 4. The van der Waals surface area contributed by atoms with E-state index in [0.717, 1.165) is 45.1 Å². The van der Waals surface area contributed by atoms with Gasteiger partial charge in [0.1, 0.15) is 0 Å². The van der Waals surface area contributed by atoms with Gasteiger partial charge < -0.3 is 14.7 Å². The number of methoxy groups -OCH3 is 1. The molecule has 1 aromatic carbocycles. The summed E-state index contributed by atoms with van der Waals surface area (Å²) in [6.07, 6.45) is 10.1. The smallest absolute Gasteiger partial charge is 0.305 e. The lowest BCUT2D eigenvalue weighted by molar-refractivity contribution is -0.140. The SMILES string of the molecule is COC(=O)CCCCCCN1C(=O)CC[C@@H]1C=C[C@H](O)[C@@H](C)CC#CCc1ccccc1. The van der Waals surface area contributed by atoms with Crippen molar-refractivity contribution in [1.29, 1.82) is 0 Å². The molecule has 5 heteroatoms. The Hall–Kier alpha value is -2.58. The fourth-order valence-corrected chi connectivity index (χ4v) is 3.80. The number of aliphatic hydroxyl groups is 1. The van der Waals surface area contributed by atoms with E-state index in [0.29, 0.717) is 19.3 Å². The number of amides is 1. The molecule has 0 radical (unpaired) electrons. The molecular formula is C27H37NO4. The first kappa shape index (κ1) is 25.7. The molecule has 0 saturated carbocycles. The van der Waals surface area contributed by atoms with Crippen LogP contribution in [-0.4, -0.2) is 47.7 Å². The third kappa shape index (κ3) is 9.28. The van der Waals surface area contributed by atoms with Crippen molar-refractivity contribution in [2.75, 3.05) is 13.7 Å². The standard InChI is InChI=1S/C27H37NO4/c1-22(12-9-10-15-23-13-6-5-7-14-23)25(29)19-17-24-18-20-26(30)28(24)21-11-4-3-8-16-27(31)32-2/h5-7,13-14,17,19,22,24-25,29H,3-4,8,11-12,15-16,18,20-21H2,1-2H3/t22-,24-,25-/m0/s1. The van der Waals surface area contributed by atoms with Crippen LogP contribution in [0, 0.1) is 17.8 Å². The number of esters is 1. The van der Waals surface area contributed by atoms with Gasteiger partial charge in [-0.1, -0.05) is 68.2 Å². The van der Waals surface area contributed by atoms with Gasteiger partial charge in [0.05, 0.1) is 19.3 Å². The summed E-state index contributed by atoms with van der Waals surface area (Å²) < 4.78 is 4.65. The molecule has 0 spiro atoms. The van der Waals surface area contributed by atoms with Crippen molar-refractivity contribution >= 4 is 11.9 Å². The summed E-state index contributed by atoms with van der Waals surface area (Å²) in [5, 5.41) is 10.5. The maximum absolute atomic E-state index is 12.3. The van der Waals surface area contributed by atoms with Gasteiger partial charge in [0.25, 0.3) is 0 Å². The molecule has 2 rings (SSSR count). The summed E-state index contributed by atoms with van der Waals surface area (Å²) in [4.78, 5) is 25.3. The van der Waals surface area contributed by atoms with Gasteiger partial charge in [-0.05, 0) is 30.7 Å². The molecule has 1 aromatic rings. The molecule has 0 aromatic heterocycles. The zero-order chi connectivity index (χ0) is 23.2. The van der Waals surface area contributed by atoms with E-state index in [4.69, 9.17) is 0 Å². The van der Waals surface area contributed by atoms with Crippen molar-refractivity contribution in [3.63, 3.8) is 0 Å². The van der Waals surface area contributed by atoms with Crippen molar-refractivity contribution in [2.24, 2.45) is 5.92 Å². The van der Waals surface area contributed by atoms with Crippen LogP contribution in [-0.2, 0) is 20.7 Å². The molecule has 1 aliphatic rings. The Bertz CT molecular complexity index is 793. The Morgan fingerprint density at radius 3 is 2.72 bits per heavy atom. The maximum Gasteiger partial charge on any atom is 0.305 e. The number of aliphatic hydroxyl groups excluding tert-OH is 1. The summed E-state index contributed by atoms with van der Waals surface area (Å²) >= 11 is 0. The van der Waals surface area contributed by atoms with Crippen molar-refractivity contribution in [1.82, 2.24) is 4.90 Å². The Morgan fingerprint density at radius 1 is 1.22 bits per heavy atom. The molecule has 174 valence electrons. The van der Waals surface area contributed by atoms with Crippen LogP contribution in [0.25, 0.3) is 0 Å². The summed E-state index contributed by atoms with van der Waals surface area (Å²) in [6.45, 7) is 2.72. The Labute approximate surface area is 192 Å². The van der Waals surface area contributed by atoms with E-state index in [9.17, 15) is 14.7 Å². The second-order valence-corrected chi connectivity index (χ2v) is 8.51. The third-order valence-corrected chi connectivity index (χ3v) is 5.93. The van der Waals surface area contributed by atoms with Crippen LogP contribution in [0.2, 0.25) is 0 Å². The van der Waals surface area contributed by atoms with Crippen molar-refractivity contribution in [3.8, 4) is 11.8 Å². The normalized spacial score (nSPS) is 17.8. The largest absolute Gasteiger partial charge is 0.469 e. The predicted octanol–water partition coefficient (Wildman–Crippen LogP) is 4.29. The van der Waals surface area contributed by atoms with Crippen LogP contribution in [0.5, 0.6) is 0 Å². The average molecular weight is 440 g/mol. The molecule has 0 bridgehead atoms. The number of carbonyl (C=O) groups is 2. The molecule has 32 heavy (non-hydrogen) atoms. The minimum absolute atomic E-state index is 0.0369. The average Bonchev–Trinajstić information content (AvgIpc) is 3.16. The van der Waals surface area contributed by atoms with Gasteiger partial charge in [0.2, 0.25) is 5.91 Å². The van der Waals surface area contributed by atoms with Crippen molar-refractivity contribution in [2.45, 2.75) is 76.9 Å². The highest BCUT2D eigenvalue weighted by Gasteiger charge is 2.28. The third-order valence-electron chi connectivity index (χ3n) is 5.93. The lowest BCUT2D eigenvalue weighted by Gasteiger charge is -2.23. The van der Waals surface area contributed by atoms with Gasteiger partial charge >= 0.3 is 5.97 Å². The molecule has 0 unspecified atom stereocenters. The highest BCUT2D eigenvalue weighted by atomic mass is 16.5. The van der Waals surface area contributed by atoms with E-state index in [2.05, 4.69) is 28.7 Å². The summed E-state index contributed by atoms with van der Waals surface area (Å²) in [5.74, 6) is 6.41. The van der Waals surface area contributed by atoms with E-state index in [1.807, 2.05) is 42.2 Å². The molecule has 5 nitrogen and oxygen atoms in total. The molecular weight excluding hydrogens is 402 g/mol. The first-order valence-corrected chi connectivity index (χ1v) is 11.7. The van der Waals surface area contributed by atoms with Crippen LogP contribution in [0.3, 0.4) is 0 Å². The van der Waals surface area contributed by atoms with Crippen molar-refractivity contribution in [3.05, 3.63) is 48.0 Å². The number of hydrogen-bond donors (Lipinski definition) is 1. The number of ether oxygens (including phenoxy) is 1. The number of unbranched alkanes of at least 4 members (excludes halogenated alkanes) is 3. The van der Waals surface area contributed by atoms with Gasteiger partial charge in [-0.25, -0.2) is 0 Å². The van der Waals surface area contributed by atoms with E-state index < -0.39 is 6.10 Å². The van der Waals surface area contributed by atoms with E-state index >= 15 is 0 Å². The highest BCUT2D eigenvalue weighted by Crippen LogP contribution is 2.22. The van der Waals surface area contributed by atoms with Gasteiger partial charge in [0, 0.05) is 32.2 Å². The lowest BCUT2D eigenvalue weighted by Crippen LogP contribution is -2.33. The molecule has 1 heterocycles. The fourth-order valence-electron chi connectivity index (χ4n) is 3.80. The van der Waals surface area contributed by atoms with E-state index in [-0.39, 0.29) is 23.8 Å². The first-order valence-electron chi connectivity index (χ1n) is 11.7. The van der Waals surface area contributed by atoms with E-state index in [1.54, 1.807) is 0 Å². The summed E-state index contributed by atoms with van der Waals surface area (Å²) in [5.41, 5.74) is 1.20. The Balaban J connectivity index is 1.71. The molecule has 1 aliphatic heterocycles. The molecule has 3 atom stereocenters. The van der Waals surface area contributed by atoms with Crippen LogP contribution in [0.15, 0.2) is 42.5 Å². The van der Waals surface area contributed by atoms with Crippen molar-refractivity contribution < 1.29 is 19.4 Å². The minimum Gasteiger partial charge on any atom is -0.469 e. The molecule has 1 saturated heterocycles. The highest BCUT2D eigenvalue weighted by molar-refractivity contribution is 5.79. The predicted molar refractivity (Wildman–Crippen MR) is 127 cm³/mol.